The molecule has 0 saturated heterocycles. The fourth-order valence-electron chi connectivity index (χ4n) is 11.8. The van der Waals surface area contributed by atoms with Crippen LogP contribution in [0.1, 0.15) is 94.2 Å². The molecule has 11 atom stereocenters. The zero-order valence-corrected chi connectivity index (χ0v) is 37.5. The Kier molecular flexibility index (Phi) is 11.9. The molecular weight excluding hydrogens is 829 g/mol. The van der Waals surface area contributed by atoms with Gasteiger partial charge in [0.05, 0.1) is 52.0 Å². The van der Waals surface area contributed by atoms with Crippen LogP contribution >= 0.6 is 22.7 Å². The monoisotopic (exact) mass is 884 g/mol. The molecule has 9 bridgehead atoms. The van der Waals surface area contributed by atoms with Gasteiger partial charge in [-0.05, 0) is 129 Å². The lowest BCUT2D eigenvalue weighted by Gasteiger charge is -2.47. The molecule has 4 aromatic rings. The van der Waals surface area contributed by atoms with Crippen LogP contribution in [-0.4, -0.2) is 81.3 Å². The van der Waals surface area contributed by atoms with Gasteiger partial charge in [0.25, 0.3) is 0 Å². The van der Waals surface area contributed by atoms with Gasteiger partial charge in [0.2, 0.25) is 0 Å². The molecule has 63 heavy (non-hydrogen) atoms. The minimum absolute atomic E-state index is 0.0189. The predicted molar refractivity (Wildman–Crippen MR) is 251 cm³/mol. The molecule has 0 radical (unpaired) electrons. The van der Waals surface area contributed by atoms with Gasteiger partial charge in [-0.2, -0.15) is 0 Å². The minimum atomic E-state index is -1.46. The Bertz CT molecular complexity index is 2610. The number of hydrogen-bond donors (Lipinski definition) is 8. The van der Waals surface area contributed by atoms with Gasteiger partial charge in [0.15, 0.2) is 11.7 Å². The van der Waals surface area contributed by atoms with Crippen molar-refractivity contribution in [2.75, 3.05) is 25.6 Å². The van der Waals surface area contributed by atoms with Crippen LogP contribution in [-0.2, 0) is 12.8 Å². The number of rotatable bonds is 7. The van der Waals surface area contributed by atoms with E-state index in [0.29, 0.717) is 60.2 Å². The second-order valence-corrected chi connectivity index (χ2v) is 20.7. The van der Waals surface area contributed by atoms with Crippen molar-refractivity contribution in [1.29, 1.82) is 0 Å². The standard InChI is InChI=1S/C51H56N4O6S2/c1-4-6-33-11-15-43(62-33)44-16-17-45(63-44)48(60)38-14-10-31-23-51(38)24-36(37(25-51)42(59)27-57)29-9-12-34-32(21-40(31)54-49(52)53-3)22-41(58)35-13-18-46(55-47(34)35)50(2,61)39(26-56)30-8-5-7-28(19-29)20-30/h5,7-8,11,13,15-18,20,22,29,31,36-40,42,46,55-59,61H,10,14,19,21,23-27H2,1-3H3,(H3,52,53,54)/t29-,31-,36+,37-,38-,39+,40+,42-,46+,50-,51-/m1/s1. The van der Waals surface area contributed by atoms with E-state index in [1.165, 1.54) is 11.3 Å². The van der Waals surface area contributed by atoms with Gasteiger partial charge in [-0.25, -0.2) is 0 Å². The molecule has 2 saturated carbocycles. The summed E-state index contributed by atoms with van der Waals surface area (Å²) in [5, 5.41) is 64.7. The summed E-state index contributed by atoms with van der Waals surface area (Å²) in [4.78, 5) is 23.3. The number of nitrogens with zero attached hydrogens (tertiary/aromatic N) is 1. The van der Waals surface area contributed by atoms with Gasteiger partial charge < -0.3 is 41.9 Å². The Labute approximate surface area is 377 Å². The SMILES string of the molecule is CC#Cc1ccc(-c2ccc(C(=O)[C@H]3CC[C@@H]4C[C@@]35C[C@@H]([C@H](O)CO)[C@@H](C5)[C@@H]3C#Cc5c(cc(O)c6c5N[C@@H](C=C6)[C@](C)(O)[C@@H](CO)c5cccc(c5)C3)C[C@@H]4NC(N)=NC)s2)s1. The van der Waals surface area contributed by atoms with Crippen LogP contribution in [0.5, 0.6) is 5.75 Å². The lowest BCUT2D eigenvalue weighted by atomic mass is 9.58. The van der Waals surface area contributed by atoms with E-state index in [1.807, 2.05) is 61.5 Å². The van der Waals surface area contributed by atoms with Crippen molar-refractivity contribution in [2.45, 2.75) is 88.5 Å². The number of benzene rings is 2. The van der Waals surface area contributed by atoms with Crippen LogP contribution in [0.3, 0.4) is 0 Å². The molecule has 3 aliphatic carbocycles. The maximum Gasteiger partial charge on any atom is 0.188 e. The topological polar surface area (TPSA) is 181 Å². The van der Waals surface area contributed by atoms with E-state index >= 15 is 4.79 Å². The highest BCUT2D eigenvalue weighted by atomic mass is 32.1. The second-order valence-electron chi connectivity index (χ2n) is 18.6. The largest absolute Gasteiger partial charge is 0.507 e. The molecule has 2 aromatic heterocycles. The number of nitrogens with two attached hydrogens (primary N) is 1. The molecule has 9 N–H and O–H groups in total. The second kappa shape index (κ2) is 17.2. The molecule has 0 amide bonds. The van der Waals surface area contributed by atoms with E-state index in [2.05, 4.69) is 45.4 Å². The van der Waals surface area contributed by atoms with Gasteiger partial charge in [-0.15, -0.1) is 28.6 Å². The first-order valence-corrected chi connectivity index (χ1v) is 23.7. The molecule has 12 heteroatoms. The highest BCUT2D eigenvalue weighted by Gasteiger charge is 2.58. The van der Waals surface area contributed by atoms with Crippen molar-refractivity contribution in [3.05, 3.63) is 98.2 Å². The molecule has 9 rings (SSSR count). The quantitative estimate of drug-likeness (QED) is 0.0443. The number of Topliss-reactive ketones (excluding diaryl/α,β-unsaturated/α-hetero) is 1. The predicted octanol–water partition coefficient (Wildman–Crippen LogP) is 6.54. The highest BCUT2D eigenvalue weighted by molar-refractivity contribution is 7.23. The lowest BCUT2D eigenvalue weighted by molar-refractivity contribution is 0.00441. The van der Waals surface area contributed by atoms with E-state index in [9.17, 15) is 25.5 Å². The number of nitrogens with one attached hydrogen (secondary N) is 2. The van der Waals surface area contributed by atoms with Crippen LogP contribution in [0.25, 0.3) is 15.8 Å². The number of aliphatic hydroxyl groups is 4. The molecule has 1 spiro atoms. The van der Waals surface area contributed by atoms with Crippen molar-refractivity contribution in [3.8, 4) is 39.2 Å². The number of anilines is 1. The summed E-state index contributed by atoms with van der Waals surface area (Å²) in [6.45, 7) is 2.84. The first-order chi connectivity index (χ1) is 30.4. The van der Waals surface area contributed by atoms with Gasteiger partial charge >= 0.3 is 0 Å². The Balaban J connectivity index is 1.22. The lowest BCUT2D eigenvalue weighted by Crippen LogP contribution is -2.50. The molecule has 2 fully saturated rings. The Morgan fingerprint density at radius 3 is 2.67 bits per heavy atom. The first-order valence-electron chi connectivity index (χ1n) is 22.1. The van der Waals surface area contributed by atoms with E-state index < -0.39 is 35.7 Å². The number of aromatic hydroxyl groups is 1. The Hall–Kier alpha value is -4.92. The molecule has 0 unspecified atom stereocenters. The van der Waals surface area contributed by atoms with Crippen LogP contribution in [0.4, 0.5) is 5.69 Å². The van der Waals surface area contributed by atoms with E-state index in [-0.39, 0.29) is 59.7 Å². The average Bonchev–Trinajstić information content (AvgIpc) is 4.05. The summed E-state index contributed by atoms with van der Waals surface area (Å²) in [6.07, 6.45) is 6.79. The number of hydrogen-bond acceptors (Lipinski definition) is 10. The zero-order chi connectivity index (χ0) is 44.2. The van der Waals surface area contributed by atoms with E-state index in [1.54, 1.807) is 31.4 Å². The molecule has 2 aliphatic heterocycles. The summed E-state index contributed by atoms with van der Waals surface area (Å²) >= 11 is 3.14. The molecule has 2 aromatic carbocycles. The summed E-state index contributed by atoms with van der Waals surface area (Å²) in [7, 11) is 1.65. The third-order valence-electron chi connectivity index (χ3n) is 15.0. The molecule has 4 heterocycles. The summed E-state index contributed by atoms with van der Waals surface area (Å²) in [5.74, 6) is 12.1. The number of aliphatic imine (C=N–C) groups is 1. The summed E-state index contributed by atoms with van der Waals surface area (Å²) in [6, 6.07) is 17.0. The molecule has 328 valence electrons. The Morgan fingerprint density at radius 2 is 1.89 bits per heavy atom. The van der Waals surface area contributed by atoms with Gasteiger partial charge in [-0.1, -0.05) is 54.2 Å². The number of carbonyl (C=O) groups excluding carboxylic acids is 1. The number of fused-ring (bicyclic) bond motifs is 7. The van der Waals surface area contributed by atoms with Crippen molar-refractivity contribution < 1.29 is 30.3 Å². The first kappa shape index (κ1) is 43.3. The fourth-order valence-corrected chi connectivity index (χ4v) is 13.9. The van der Waals surface area contributed by atoms with Gasteiger partial charge in [0.1, 0.15) is 5.75 Å². The number of guanidine groups is 1. The van der Waals surface area contributed by atoms with Crippen molar-refractivity contribution >= 4 is 46.2 Å². The molecular formula is C51H56N4O6S2. The third kappa shape index (κ3) is 7.90. The van der Waals surface area contributed by atoms with Crippen molar-refractivity contribution in [1.82, 2.24) is 5.32 Å². The molecule has 5 aliphatic rings. The molecule has 10 nitrogen and oxygen atoms in total. The van der Waals surface area contributed by atoms with E-state index in [4.69, 9.17) is 5.73 Å². The Morgan fingerprint density at radius 1 is 1.08 bits per heavy atom. The number of carbonyl (C=O) groups is 1. The maximum atomic E-state index is 15.2. The zero-order valence-electron chi connectivity index (χ0n) is 35.9. The van der Waals surface area contributed by atoms with Gasteiger partial charge in [-0.3, -0.25) is 9.79 Å². The van der Waals surface area contributed by atoms with Crippen LogP contribution < -0.4 is 16.4 Å². The van der Waals surface area contributed by atoms with Crippen molar-refractivity contribution in [3.63, 3.8) is 0 Å². The number of ketones is 1. The number of phenols is 1. The summed E-state index contributed by atoms with van der Waals surface area (Å²) < 4.78 is 0. The van der Waals surface area contributed by atoms with E-state index in [0.717, 1.165) is 37.7 Å². The maximum absolute atomic E-state index is 15.2. The number of thiophene rings is 2. The average molecular weight is 885 g/mol. The fraction of sp³-hybridized carbons (Fsp3) is 0.451. The van der Waals surface area contributed by atoms with Crippen LogP contribution in [0, 0.1) is 58.7 Å². The number of aliphatic hydroxyl groups excluding tert-OH is 3. The van der Waals surface area contributed by atoms with Gasteiger partial charge in [0, 0.05) is 46.2 Å². The number of phenolic OH excluding ortho intramolecular Hbond substituents is 1. The van der Waals surface area contributed by atoms with Crippen LogP contribution in [0.15, 0.2) is 65.7 Å². The smallest absolute Gasteiger partial charge is 0.188 e. The normalized spacial score (nSPS) is 31.1. The minimum Gasteiger partial charge on any atom is -0.507 e. The summed E-state index contributed by atoms with van der Waals surface area (Å²) in [5.41, 5.74) is 8.92. The highest BCUT2D eigenvalue weighted by Crippen LogP contribution is 2.62. The third-order valence-corrected chi connectivity index (χ3v) is 17.3. The van der Waals surface area contributed by atoms with Crippen LogP contribution in [0.2, 0.25) is 0 Å². The van der Waals surface area contributed by atoms with Crippen molar-refractivity contribution in [2.24, 2.45) is 45.7 Å².